The Hall–Kier alpha value is -1.32. The van der Waals surface area contributed by atoms with E-state index in [2.05, 4.69) is 5.32 Å². The van der Waals surface area contributed by atoms with Crippen LogP contribution in [0.4, 0.5) is 4.39 Å². The average molecular weight is 282 g/mol. The highest BCUT2D eigenvalue weighted by molar-refractivity contribution is 6.30. The molecule has 1 atom stereocenters. The monoisotopic (exact) mass is 281 g/mol. The molecule has 0 saturated carbocycles. The molecule has 0 aliphatic rings. The van der Waals surface area contributed by atoms with Crippen LogP contribution in [0.25, 0.3) is 0 Å². The summed E-state index contributed by atoms with van der Waals surface area (Å²) in [6.07, 6.45) is 2.16. The van der Waals surface area contributed by atoms with Crippen molar-refractivity contribution in [3.05, 3.63) is 58.3 Å². The standard InChI is InChI=1S/C15H17ClFNO/c1-3-18-13(15-10(2)7-8-19-15)9-11-5-4-6-12(16)14(11)17/h4-8,13,18H,3,9H2,1-2H3. The van der Waals surface area contributed by atoms with Gasteiger partial charge in [-0.3, -0.25) is 0 Å². The van der Waals surface area contributed by atoms with Crippen molar-refractivity contribution in [1.29, 1.82) is 0 Å². The summed E-state index contributed by atoms with van der Waals surface area (Å²) in [4.78, 5) is 0. The minimum atomic E-state index is -0.351. The Kier molecular flexibility index (Phi) is 4.61. The number of hydrogen-bond acceptors (Lipinski definition) is 2. The van der Waals surface area contributed by atoms with E-state index < -0.39 is 0 Å². The highest BCUT2D eigenvalue weighted by Gasteiger charge is 2.19. The first-order valence-corrected chi connectivity index (χ1v) is 6.71. The topological polar surface area (TPSA) is 25.2 Å². The fraction of sp³-hybridized carbons (Fsp3) is 0.333. The Balaban J connectivity index is 2.27. The number of furan rings is 1. The van der Waals surface area contributed by atoms with E-state index in [4.69, 9.17) is 16.0 Å². The molecule has 0 aliphatic heterocycles. The number of hydrogen-bond donors (Lipinski definition) is 1. The number of rotatable bonds is 5. The molecule has 0 radical (unpaired) electrons. The summed E-state index contributed by atoms with van der Waals surface area (Å²) in [7, 11) is 0. The van der Waals surface area contributed by atoms with Crippen LogP contribution < -0.4 is 5.32 Å². The van der Waals surface area contributed by atoms with Gasteiger partial charge in [-0.25, -0.2) is 4.39 Å². The van der Waals surface area contributed by atoms with Crippen molar-refractivity contribution in [2.45, 2.75) is 26.3 Å². The van der Waals surface area contributed by atoms with Crippen molar-refractivity contribution in [1.82, 2.24) is 5.32 Å². The third-order valence-corrected chi connectivity index (χ3v) is 3.42. The zero-order valence-electron chi connectivity index (χ0n) is 11.0. The molecule has 0 spiro atoms. The Labute approximate surface area is 117 Å². The van der Waals surface area contributed by atoms with Crippen LogP contribution in [0.2, 0.25) is 5.02 Å². The predicted octanol–water partition coefficient (Wildman–Crippen LogP) is 4.27. The molecular weight excluding hydrogens is 265 g/mol. The number of halogens is 2. The second-order valence-corrected chi connectivity index (χ2v) is 4.90. The molecule has 0 fully saturated rings. The lowest BCUT2D eigenvalue weighted by Crippen LogP contribution is -2.23. The molecule has 0 amide bonds. The lowest BCUT2D eigenvalue weighted by Gasteiger charge is -2.17. The molecule has 1 heterocycles. The van der Waals surface area contributed by atoms with Crippen LogP contribution in [0.15, 0.2) is 34.9 Å². The van der Waals surface area contributed by atoms with Crippen LogP contribution in [0.1, 0.15) is 29.9 Å². The normalized spacial score (nSPS) is 12.6. The van der Waals surface area contributed by atoms with E-state index in [1.807, 2.05) is 19.9 Å². The highest BCUT2D eigenvalue weighted by Crippen LogP contribution is 2.26. The molecule has 1 N–H and O–H groups in total. The third kappa shape index (κ3) is 3.17. The molecule has 2 nitrogen and oxygen atoms in total. The minimum Gasteiger partial charge on any atom is -0.467 e. The maximum absolute atomic E-state index is 14.0. The van der Waals surface area contributed by atoms with Crippen molar-refractivity contribution in [3.8, 4) is 0 Å². The smallest absolute Gasteiger partial charge is 0.145 e. The van der Waals surface area contributed by atoms with Crippen molar-refractivity contribution in [3.63, 3.8) is 0 Å². The fourth-order valence-corrected chi connectivity index (χ4v) is 2.37. The number of nitrogens with one attached hydrogen (secondary N) is 1. The first-order chi connectivity index (χ1) is 9.13. The van der Waals surface area contributed by atoms with Gasteiger partial charge in [-0.05, 0) is 43.1 Å². The zero-order chi connectivity index (χ0) is 13.8. The van der Waals surface area contributed by atoms with Gasteiger partial charge in [0.05, 0.1) is 17.3 Å². The lowest BCUT2D eigenvalue weighted by molar-refractivity contribution is 0.410. The Bertz CT molecular complexity index is 553. The van der Waals surface area contributed by atoms with Gasteiger partial charge in [0.25, 0.3) is 0 Å². The molecule has 1 unspecified atom stereocenters. The summed E-state index contributed by atoms with van der Waals surface area (Å²) >= 11 is 5.81. The molecule has 0 saturated heterocycles. The van der Waals surface area contributed by atoms with Crippen LogP contribution in [0.5, 0.6) is 0 Å². The summed E-state index contributed by atoms with van der Waals surface area (Å²) in [5, 5.41) is 3.47. The Morgan fingerprint density at radius 3 is 2.79 bits per heavy atom. The maximum atomic E-state index is 14.0. The molecule has 0 aliphatic carbocycles. The molecule has 1 aromatic heterocycles. The molecular formula is C15H17ClFNO. The van der Waals surface area contributed by atoms with Gasteiger partial charge < -0.3 is 9.73 Å². The van der Waals surface area contributed by atoms with Gasteiger partial charge >= 0.3 is 0 Å². The summed E-state index contributed by atoms with van der Waals surface area (Å²) in [6, 6.07) is 6.94. The van der Waals surface area contributed by atoms with Crippen LogP contribution in [0.3, 0.4) is 0 Å². The van der Waals surface area contributed by atoms with Gasteiger partial charge in [0.2, 0.25) is 0 Å². The quantitative estimate of drug-likeness (QED) is 0.885. The number of benzene rings is 1. The largest absolute Gasteiger partial charge is 0.467 e. The van der Waals surface area contributed by atoms with Crippen LogP contribution >= 0.6 is 11.6 Å². The number of aryl methyl sites for hydroxylation is 1. The second-order valence-electron chi connectivity index (χ2n) is 4.50. The van der Waals surface area contributed by atoms with Gasteiger partial charge in [-0.1, -0.05) is 30.7 Å². The Morgan fingerprint density at radius 1 is 1.37 bits per heavy atom. The third-order valence-electron chi connectivity index (χ3n) is 3.12. The van der Waals surface area contributed by atoms with Gasteiger partial charge in [0, 0.05) is 0 Å². The zero-order valence-corrected chi connectivity index (χ0v) is 11.8. The first-order valence-electron chi connectivity index (χ1n) is 6.33. The summed E-state index contributed by atoms with van der Waals surface area (Å²) in [5.41, 5.74) is 1.66. The maximum Gasteiger partial charge on any atom is 0.145 e. The van der Waals surface area contributed by atoms with Gasteiger partial charge in [0.15, 0.2) is 0 Å². The van der Waals surface area contributed by atoms with E-state index in [1.165, 1.54) is 0 Å². The molecule has 1 aromatic carbocycles. The number of likely N-dealkylation sites (N-methyl/N-ethyl adjacent to an activating group) is 1. The fourth-order valence-electron chi connectivity index (χ4n) is 2.17. The van der Waals surface area contributed by atoms with Gasteiger partial charge in [-0.2, -0.15) is 0 Å². The van der Waals surface area contributed by atoms with Crippen LogP contribution in [-0.4, -0.2) is 6.54 Å². The summed E-state index contributed by atoms with van der Waals surface area (Å²) in [5.74, 6) is 0.498. The highest BCUT2D eigenvalue weighted by atomic mass is 35.5. The van der Waals surface area contributed by atoms with E-state index in [-0.39, 0.29) is 16.9 Å². The van der Waals surface area contributed by atoms with E-state index in [9.17, 15) is 4.39 Å². The van der Waals surface area contributed by atoms with E-state index in [0.29, 0.717) is 12.0 Å². The molecule has 4 heteroatoms. The Morgan fingerprint density at radius 2 is 2.16 bits per heavy atom. The second kappa shape index (κ2) is 6.22. The first kappa shape index (κ1) is 14.1. The van der Waals surface area contributed by atoms with E-state index in [1.54, 1.807) is 24.5 Å². The SMILES string of the molecule is CCNC(Cc1cccc(Cl)c1F)c1occc1C. The average Bonchev–Trinajstić information content (AvgIpc) is 2.80. The minimum absolute atomic E-state index is 0.0482. The van der Waals surface area contributed by atoms with Crippen LogP contribution in [0, 0.1) is 12.7 Å². The van der Waals surface area contributed by atoms with Crippen molar-refractivity contribution < 1.29 is 8.81 Å². The molecule has 2 aromatic rings. The molecule has 19 heavy (non-hydrogen) atoms. The summed E-state index contributed by atoms with van der Waals surface area (Å²) in [6.45, 7) is 4.78. The van der Waals surface area contributed by atoms with Gasteiger partial charge in [-0.15, -0.1) is 0 Å². The van der Waals surface area contributed by atoms with E-state index >= 15 is 0 Å². The van der Waals surface area contributed by atoms with Crippen molar-refractivity contribution in [2.75, 3.05) is 6.54 Å². The summed E-state index contributed by atoms with van der Waals surface area (Å²) < 4.78 is 19.5. The van der Waals surface area contributed by atoms with Crippen molar-refractivity contribution >= 4 is 11.6 Å². The molecule has 2 rings (SSSR count). The predicted molar refractivity (Wildman–Crippen MR) is 75.0 cm³/mol. The lowest BCUT2D eigenvalue weighted by atomic mass is 10.0. The molecule has 102 valence electrons. The van der Waals surface area contributed by atoms with Crippen LogP contribution in [-0.2, 0) is 6.42 Å². The van der Waals surface area contributed by atoms with Gasteiger partial charge in [0.1, 0.15) is 11.6 Å². The molecule has 0 bridgehead atoms. The van der Waals surface area contributed by atoms with Crippen molar-refractivity contribution in [2.24, 2.45) is 0 Å². The van der Waals surface area contributed by atoms with E-state index in [0.717, 1.165) is 17.9 Å².